The summed E-state index contributed by atoms with van der Waals surface area (Å²) in [5.41, 5.74) is 7.32. The minimum absolute atomic E-state index is 0.00648. The van der Waals surface area contributed by atoms with Crippen LogP contribution in [0.15, 0.2) is 24.5 Å². The van der Waals surface area contributed by atoms with Gasteiger partial charge in [-0.25, -0.2) is 8.42 Å². The van der Waals surface area contributed by atoms with Gasteiger partial charge in [-0.1, -0.05) is 13.0 Å². The van der Waals surface area contributed by atoms with E-state index in [1.807, 2.05) is 32.3 Å². The first-order chi connectivity index (χ1) is 9.44. The van der Waals surface area contributed by atoms with Gasteiger partial charge in [0, 0.05) is 24.5 Å². The van der Waals surface area contributed by atoms with Crippen molar-refractivity contribution < 1.29 is 8.42 Å². The van der Waals surface area contributed by atoms with E-state index < -0.39 is 9.84 Å². The maximum absolute atomic E-state index is 11.7. The van der Waals surface area contributed by atoms with Gasteiger partial charge in [0.1, 0.15) is 0 Å². The van der Waals surface area contributed by atoms with Gasteiger partial charge in [0.25, 0.3) is 0 Å². The Bertz CT molecular complexity index is 533. The number of hydrogen-bond acceptors (Lipinski definition) is 5. The van der Waals surface area contributed by atoms with E-state index in [4.69, 9.17) is 5.73 Å². The van der Waals surface area contributed by atoms with Crippen molar-refractivity contribution in [2.75, 3.05) is 18.6 Å². The Hall–Kier alpha value is -0.980. The molecule has 3 unspecified atom stereocenters. The lowest BCUT2D eigenvalue weighted by Gasteiger charge is -2.36. The topological polar surface area (TPSA) is 76.3 Å². The van der Waals surface area contributed by atoms with Crippen molar-refractivity contribution in [3.63, 3.8) is 0 Å². The monoisotopic (exact) mass is 297 g/mol. The van der Waals surface area contributed by atoms with E-state index in [-0.39, 0.29) is 29.6 Å². The summed E-state index contributed by atoms with van der Waals surface area (Å²) in [6.07, 6.45) is 5.08. The molecule has 1 aromatic heterocycles. The van der Waals surface area contributed by atoms with Crippen molar-refractivity contribution in [3.8, 4) is 0 Å². The molecule has 1 aliphatic heterocycles. The second kappa shape index (κ2) is 6.20. The highest BCUT2D eigenvalue weighted by Gasteiger charge is 2.35. The van der Waals surface area contributed by atoms with Crippen LogP contribution in [0.3, 0.4) is 0 Å². The number of hydrogen-bond donors (Lipinski definition) is 1. The van der Waals surface area contributed by atoms with Gasteiger partial charge in [-0.15, -0.1) is 0 Å². The van der Waals surface area contributed by atoms with Crippen molar-refractivity contribution in [1.82, 2.24) is 9.88 Å². The Morgan fingerprint density at radius 3 is 2.80 bits per heavy atom. The van der Waals surface area contributed by atoms with Crippen LogP contribution in [0.4, 0.5) is 0 Å². The molecular formula is C14H23N3O2S. The Morgan fingerprint density at radius 2 is 2.30 bits per heavy atom. The summed E-state index contributed by atoms with van der Waals surface area (Å²) in [5.74, 6) is 0.514. The van der Waals surface area contributed by atoms with Gasteiger partial charge in [-0.3, -0.25) is 9.88 Å². The average molecular weight is 297 g/mol. The largest absolute Gasteiger partial charge is 0.326 e. The van der Waals surface area contributed by atoms with Gasteiger partial charge in [0.05, 0.1) is 17.5 Å². The molecule has 2 rings (SSSR count). The average Bonchev–Trinajstić information content (AvgIpc) is 2.80. The first-order valence-corrected chi connectivity index (χ1v) is 8.84. The van der Waals surface area contributed by atoms with Gasteiger partial charge in [0.15, 0.2) is 9.84 Å². The van der Waals surface area contributed by atoms with Crippen LogP contribution in [0.1, 0.15) is 31.4 Å². The van der Waals surface area contributed by atoms with Gasteiger partial charge < -0.3 is 5.73 Å². The summed E-state index contributed by atoms with van der Waals surface area (Å²) < 4.78 is 23.3. The van der Waals surface area contributed by atoms with Crippen LogP contribution < -0.4 is 5.73 Å². The first kappa shape index (κ1) is 15.4. The van der Waals surface area contributed by atoms with Crippen LogP contribution in [0, 0.1) is 0 Å². The van der Waals surface area contributed by atoms with Crippen molar-refractivity contribution in [3.05, 3.63) is 30.1 Å². The number of sulfone groups is 1. The summed E-state index contributed by atoms with van der Waals surface area (Å²) in [4.78, 5) is 6.28. The number of rotatable bonds is 5. The predicted octanol–water partition coefficient (Wildman–Crippen LogP) is 0.979. The lowest BCUT2D eigenvalue weighted by Crippen LogP contribution is -2.44. The maximum atomic E-state index is 11.7. The van der Waals surface area contributed by atoms with Gasteiger partial charge >= 0.3 is 0 Å². The predicted molar refractivity (Wildman–Crippen MR) is 80.1 cm³/mol. The quantitative estimate of drug-likeness (QED) is 0.876. The number of nitrogens with zero attached hydrogens (tertiary/aromatic N) is 2. The highest BCUT2D eigenvalue weighted by atomic mass is 32.2. The van der Waals surface area contributed by atoms with E-state index in [0.717, 1.165) is 12.0 Å². The Balaban J connectivity index is 2.23. The minimum Gasteiger partial charge on any atom is -0.326 e. The molecule has 0 bridgehead atoms. The highest BCUT2D eigenvalue weighted by molar-refractivity contribution is 7.91. The summed E-state index contributed by atoms with van der Waals surface area (Å²) in [6.45, 7) is 2.05. The third kappa shape index (κ3) is 3.37. The van der Waals surface area contributed by atoms with E-state index in [2.05, 4.69) is 9.88 Å². The Morgan fingerprint density at radius 1 is 1.55 bits per heavy atom. The fraction of sp³-hybridized carbons (Fsp3) is 0.643. The molecule has 112 valence electrons. The van der Waals surface area contributed by atoms with Gasteiger partial charge in [0.2, 0.25) is 0 Å². The fourth-order valence-electron chi connectivity index (χ4n) is 2.88. The lowest BCUT2D eigenvalue weighted by molar-refractivity contribution is 0.161. The smallest absolute Gasteiger partial charge is 0.151 e. The van der Waals surface area contributed by atoms with E-state index >= 15 is 0 Å². The molecule has 1 saturated heterocycles. The second-order valence-electron chi connectivity index (χ2n) is 5.53. The van der Waals surface area contributed by atoms with E-state index in [0.29, 0.717) is 6.42 Å². The summed E-state index contributed by atoms with van der Waals surface area (Å²) in [7, 11) is -0.916. The normalized spacial score (nSPS) is 24.7. The molecule has 0 spiro atoms. The van der Waals surface area contributed by atoms with Crippen molar-refractivity contribution in [1.29, 1.82) is 0 Å². The van der Waals surface area contributed by atoms with Crippen LogP contribution in [0.2, 0.25) is 0 Å². The summed E-state index contributed by atoms with van der Waals surface area (Å²) >= 11 is 0. The molecule has 1 aliphatic rings. The van der Waals surface area contributed by atoms with Crippen LogP contribution in [-0.2, 0) is 9.84 Å². The SMILES string of the molecule is CCC(N)C(c1cccnc1)N(C)C1CCS(=O)(=O)C1. The number of aromatic nitrogens is 1. The first-order valence-electron chi connectivity index (χ1n) is 7.02. The molecule has 3 atom stereocenters. The lowest BCUT2D eigenvalue weighted by atomic mass is 9.96. The van der Waals surface area contributed by atoms with E-state index in [1.54, 1.807) is 6.20 Å². The molecule has 5 nitrogen and oxygen atoms in total. The number of nitrogens with two attached hydrogens (primary N) is 1. The zero-order valence-corrected chi connectivity index (χ0v) is 12.9. The van der Waals surface area contributed by atoms with Crippen LogP contribution in [-0.4, -0.2) is 48.9 Å². The molecule has 2 heterocycles. The fourth-order valence-corrected chi connectivity index (χ4v) is 4.67. The van der Waals surface area contributed by atoms with E-state index in [9.17, 15) is 8.42 Å². The Labute approximate surface area is 121 Å². The van der Waals surface area contributed by atoms with Crippen molar-refractivity contribution in [2.45, 2.75) is 37.9 Å². The summed E-state index contributed by atoms with van der Waals surface area (Å²) in [5, 5.41) is 0. The van der Waals surface area contributed by atoms with Gasteiger partial charge in [-0.05, 0) is 31.5 Å². The van der Waals surface area contributed by atoms with Crippen molar-refractivity contribution >= 4 is 9.84 Å². The molecule has 1 aromatic rings. The molecule has 0 amide bonds. The van der Waals surface area contributed by atoms with E-state index in [1.165, 1.54) is 0 Å². The highest BCUT2D eigenvalue weighted by Crippen LogP contribution is 2.29. The number of likely N-dealkylation sites (N-methyl/N-ethyl adjacent to an activating group) is 1. The molecule has 2 N–H and O–H groups in total. The van der Waals surface area contributed by atoms with Crippen LogP contribution in [0.5, 0.6) is 0 Å². The zero-order valence-electron chi connectivity index (χ0n) is 12.1. The minimum atomic E-state index is -2.89. The molecule has 20 heavy (non-hydrogen) atoms. The molecule has 0 radical (unpaired) electrons. The van der Waals surface area contributed by atoms with Crippen LogP contribution >= 0.6 is 0 Å². The maximum Gasteiger partial charge on any atom is 0.151 e. The molecule has 6 heteroatoms. The summed E-state index contributed by atoms with van der Waals surface area (Å²) in [6, 6.07) is 3.92. The molecular weight excluding hydrogens is 274 g/mol. The third-order valence-corrected chi connectivity index (χ3v) is 5.88. The number of pyridine rings is 1. The zero-order chi connectivity index (χ0) is 14.8. The van der Waals surface area contributed by atoms with Crippen LogP contribution in [0.25, 0.3) is 0 Å². The third-order valence-electron chi connectivity index (χ3n) is 4.13. The Kier molecular flexibility index (Phi) is 4.78. The molecule has 0 aromatic carbocycles. The molecule has 0 saturated carbocycles. The molecule has 1 fully saturated rings. The van der Waals surface area contributed by atoms with Gasteiger partial charge in [-0.2, -0.15) is 0 Å². The van der Waals surface area contributed by atoms with Crippen molar-refractivity contribution in [2.24, 2.45) is 5.73 Å². The second-order valence-corrected chi connectivity index (χ2v) is 7.75. The standard InChI is InChI=1S/C14H23N3O2S/c1-3-13(15)14(11-5-4-7-16-9-11)17(2)12-6-8-20(18,19)10-12/h4-5,7,9,12-14H,3,6,8,10,15H2,1-2H3. The molecule has 0 aliphatic carbocycles.